The van der Waals surface area contributed by atoms with Crippen LogP contribution in [0.15, 0.2) is 77.8 Å². The number of carboxylic acid groups (broad SMARTS) is 1. The van der Waals surface area contributed by atoms with Crippen LogP contribution in [-0.4, -0.2) is 54.1 Å². The SMILES string of the molecule is CN(c1nc(-c2cc(-c3ccon3)n(Cc3ccccc3F)n2)ncc1F)[C@@H](Cc1ccccn1)C(=O)O. The molecule has 10 nitrogen and oxygen atoms in total. The number of aliphatic carboxylic acids is 1. The molecule has 0 fully saturated rings. The number of carbonyl (C=O) groups is 1. The van der Waals surface area contributed by atoms with Gasteiger partial charge in [0.1, 0.15) is 29.5 Å². The van der Waals surface area contributed by atoms with Crippen molar-refractivity contribution < 1.29 is 23.2 Å². The molecule has 1 N–H and O–H groups in total. The molecule has 0 spiro atoms. The van der Waals surface area contributed by atoms with Crippen LogP contribution < -0.4 is 4.90 Å². The van der Waals surface area contributed by atoms with Gasteiger partial charge in [-0.1, -0.05) is 29.4 Å². The van der Waals surface area contributed by atoms with E-state index >= 15 is 0 Å². The minimum atomic E-state index is -1.17. The first-order valence-corrected chi connectivity index (χ1v) is 11.5. The highest BCUT2D eigenvalue weighted by atomic mass is 19.1. The van der Waals surface area contributed by atoms with Crippen molar-refractivity contribution in [3.8, 4) is 22.9 Å². The molecule has 1 atom stereocenters. The summed E-state index contributed by atoms with van der Waals surface area (Å²) in [4.78, 5) is 25.9. The predicted octanol–water partition coefficient (Wildman–Crippen LogP) is 3.85. The minimum Gasteiger partial charge on any atom is -0.480 e. The lowest BCUT2D eigenvalue weighted by Crippen LogP contribution is -2.41. The van der Waals surface area contributed by atoms with Gasteiger partial charge in [-0.3, -0.25) is 9.67 Å². The molecule has 0 saturated carbocycles. The van der Waals surface area contributed by atoms with Gasteiger partial charge in [-0.05, 0) is 24.3 Å². The fourth-order valence-electron chi connectivity index (χ4n) is 3.97. The van der Waals surface area contributed by atoms with E-state index in [0.717, 1.165) is 6.20 Å². The Hall–Kier alpha value is -5.00. The van der Waals surface area contributed by atoms with Crippen LogP contribution in [0, 0.1) is 11.6 Å². The average molecular weight is 517 g/mol. The van der Waals surface area contributed by atoms with Crippen LogP contribution in [0.5, 0.6) is 0 Å². The molecular weight excluding hydrogens is 496 g/mol. The van der Waals surface area contributed by atoms with Crippen LogP contribution in [0.3, 0.4) is 0 Å². The van der Waals surface area contributed by atoms with Crippen LogP contribution in [0.4, 0.5) is 14.6 Å². The molecule has 38 heavy (non-hydrogen) atoms. The van der Waals surface area contributed by atoms with Crippen molar-refractivity contribution in [1.82, 2.24) is 29.9 Å². The molecule has 5 rings (SSSR count). The second kappa shape index (κ2) is 10.5. The Kier molecular flexibility index (Phi) is 6.85. The summed E-state index contributed by atoms with van der Waals surface area (Å²) in [6.45, 7) is 0.0774. The predicted molar refractivity (Wildman–Crippen MR) is 132 cm³/mol. The largest absolute Gasteiger partial charge is 0.480 e. The molecule has 0 aliphatic carbocycles. The van der Waals surface area contributed by atoms with Gasteiger partial charge >= 0.3 is 5.97 Å². The second-order valence-electron chi connectivity index (χ2n) is 8.40. The van der Waals surface area contributed by atoms with E-state index in [1.54, 1.807) is 54.7 Å². The van der Waals surface area contributed by atoms with Gasteiger partial charge < -0.3 is 14.5 Å². The zero-order valence-electron chi connectivity index (χ0n) is 20.1. The lowest BCUT2D eigenvalue weighted by atomic mass is 10.1. The van der Waals surface area contributed by atoms with E-state index in [1.165, 1.54) is 29.0 Å². The second-order valence-corrected chi connectivity index (χ2v) is 8.40. The zero-order valence-corrected chi connectivity index (χ0v) is 20.1. The fourth-order valence-corrected chi connectivity index (χ4v) is 3.97. The lowest BCUT2D eigenvalue weighted by molar-refractivity contribution is -0.138. The van der Waals surface area contributed by atoms with Gasteiger partial charge in [-0.2, -0.15) is 5.10 Å². The van der Waals surface area contributed by atoms with Gasteiger partial charge in [0.05, 0.1) is 18.4 Å². The van der Waals surface area contributed by atoms with Crippen molar-refractivity contribution in [2.24, 2.45) is 0 Å². The maximum atomic E-state index is 14.9. The monoisotopic (exact) mass is 517 g/mol. The molecule has 0 aliphatic rings. The highest BCUT2D eigenvalue weighted by molar-refractivity contribution is 5.78. The van der Waals surface area contributed by atoms with E-state index < -0.39 is 23.6 Å². The van der Waals surface area contributed by atoms with Crippen LogP contribution >= 0.6 is 0 Å². The zero-order chi connectivity index (χ0) is 26.6. The Labute approximate surface area is 215 Å². The standard InChI is InChI=1S/C26H21F2N7O3/c1-34(23(26(36)37)12-17-7-4-5-10-29-17)25-19(28)14-30-24(31-25)21-13-22(20-9-11-38-33-20)35(32-21)15-16-6-2-3-8-18(16)27/h2-11,13-14,23H,12,15H2,1H3,(H,36,37)/t23-/m0/s1. The molecule has 0 aliphatic heterocycles. The molecule has 192 valence electrons. The van der Waals surface area contributed by atoms with E-state index in [-0.39, 0.29) is 30.3 Å². The highest BCUT2D eigenvalue weighted by Gasteiger charge is 2.28. The van der Waals surface area contributed by atoms with Gasteiger partial charge in [-0.25, -0.2) is 23.5 Å². The fraction of sp³-hybridized carbons (Fsp3) is 0.154. The number of aromatic nitrogens is 6. The number of anilines is 1. The Balaban J connectivity index is 1.51. The summed E-state index contributed by atoms with van der Waals surface area (Å²) in [6, 6.07) is 13.6. The molecule has 0 unspecified atom stereocenters. The number of hydrogen-bond acceptors (Lipinski definition) is 8. The van der Waals surface area contributed by atoms with E-state index in [1.807, 2.05) is 0 Å². The molecule has 1 aromatic carbocycles. The molecule has 0 bridgehead atoms. The smallest absolute Gasteiger partial charge is 0.326 e. The van der Waals surface area contributed by atoms with Gasteiger partial charge in [0.2, 0.25) is 0 Å². The Morgan fingerprint density at radius 2 is 1.89 bits per heavy atom. The maximum absolute atomic E-state index is 14.9. The number of hydrogen-bond donors (Lipinski definition) is 1. The summed E-state index contributed by atoms with van der Waals surface area (Å²) in [7, 11) is 1.44. The number of carboxylic acids is 1. The van der Waals surface area contributed by atoms with E-state index in [9.17, 15) is 18.7 Å². The Morgan fingerprint density at radius 1 is 1.08 bits per heavy atom. The number of benzene rings is 1. The number of halogens is 2. The summed E-state index contributed by atoms with van der Waals surface area (Å²) in [6.07, 6.45) is 3.94. The number of nitrogens with zero attached hydrogens (tertiary/aromatic N) is 7. The third-order valence-corrected chi connectivity index (χ3v) is 5.93. The van der Waals surface area contributed by atoms with Crippen LogP contribution in [-0.2, 0) is 17.8 Å². The quantitative estimate of drug-likeness (QED) is 0.311. The van der Waals surface area contributed by atoms with Gasteiger partial charge in [-0.15, -0.1) is 0 Å². The first kappa shape index (κ1) is 24.7. The molecule has 5 aromatic rings. The topological polar surface area (TPSA) is 123 Å². The average Bonchev–Trinajstić information content (AvgIpc) is 3.59. The molecule has 4 aromatic heterocycles. The third-order valence-electron chi connectivity index (χ3n) is 5.93. The minimum absolute atomic E-state index is 0.0268. The molecule has 0 amide bonds. The van der Waals surface area contributed by atoms with Crippen LogP contribution in [0.1, 0.15) is 11.3 Å². The van der Waals surface area contributed by atoms with Crippen molar-refractivity contribution in [2.75, 3.05) is 11.9 Å². The normalized spacial score (nSPS) is 11.9. The summed E-state index contributed by atoms with van der Waals surface area (Å²) >= 11 is 0. The van der Waals surface area contributed by atoms with E-state index in [4.69, 9.17) is 4.52 Å². The summed E-state index contributed by atoms with van der Waals surface area (Å²) in [5.74, 6) is -2.53. The van der Waals surface area contributed by atoms with Gasteiger partial charge in [0.25, 0.3) is 0 Å². The number of rotatable bonds is 9. The van der Waals surface area contributed by atoms with Crippen molar-refractivity contribution in [2.45, 2.75) is 19.0 Å². The summed E-state index contributed by atoms with van der Waals surface area (Å²) in [5.41, 5.74) is 2.13. The van der Waals surface area contributed by atoms with Gasteiger partial charge in [0, 0.05) is 37.0 Å². The van der Waals surface area contributed by atoms with Crippen molar-refractivity contribution in [3.63, 3.8) is 0 Å². The third kappa shape index (κ3) is 5.09. The lowest BCUT2D eigenvalue weighted by Gasteiger charge is -2.26. The van der Waals surface area contributed by atoms with Crippen molar-refractivity contribution in [3.05, 3.63) is 96.1 Å². The molecule has 12 heteroatoms. The summed E-state index contributed by atoms with van der Waals surface area (Å²) in [5, 5.41) is 18.3. The van der Waals surface area contributed by atoms with E-state index in [0.29, 0.717) is 22.6 Å². The van der Waals surface area contributed by atoms with Crippen molar-refractivity contribution >= 4 is 11.8 Å². The first-order valence-electron chi connectivity index (χ1n) is 11.5. The molecule has 4 heterocycles. The van der Waals surface area contributed by atoms with Crippen LogP contribution in [0.2, 0.25) is 0 Å². The van der Waals surface area contributed by atoms with Gasteiger partial charge in [0.15, 0.2) is 17.5 Å². The maximum Gasteiger partial charge on any atom is 0.326 e. The van der Waals surface area contributed by atoms with Crippen LogP contribution in [0.25, 0.3) is 22.9 Å². The molecule has 0 radical (unpaired) electrons. The highest BCUT2D eigenvalue weighted by Crippen LogP contribution is 2.27. The number of pyridine rings is 1. The first-order chi connectivity index (χ1) is 18.4. The molecular formula is C26H21F2N7O3. The van der Waals surface area contributed by atoms with Crippen molar-refractivity contribution in [1.29, 1.82) is 0 Å². The van der Waals surface area contributed by atoms with E-state index in [2.05, 4.69) is 25.2 Å². The Bertz CT molecular complexity index is 1560. The molecule has 0 saturated heterocycles. The number of likely N-dealkylation sites (N-methyl/N-ethyl adjacent to an activating group) is 1. The summed E-state index contributed by atoms with van der Waals surface area (Å²) < 4.78 is 35.7. The Morgan fingerprint density at radius 3 is 2.61 bits per heavy atom.